The molecule has 3 saturated heterocycles. The van der Waals surface area contributed by atoms with Gasteiger partial charge in [-0.05, 0) is 101 Å². The monoisotopic (exact) mass is 609 g/mol. The average molecular weight is 610 g/mol. The van der Waals surface area contributed by atoms with E-state index in [0.29, 0.717) is 0 Å². The van der Waals surface area contributed by atoms with Crippen LogP contribution in [0.3, 0.4) is 0 Å². The van der Waals surface area contributed by atoms with E-state index in [1.54, 1.807) is 6.20 Å². The number of nitrogens with zero attached hydrogens (tertiary/aromatic N) is 6. The molecule has 3 fully saturated rings. The van der Waals surface area contributed by atoms with Crippen molar-refractivity contribution in [3.05, 3.63) is 83.2 Å². The van der Waals surface area contributed by atoms with Gasteiger partial charge in [0.05, 0.1) is 29.3 Å². The van der Waals surface area contributed by atoms with Crippen molar-refractivity contribution < 1.29 is 0 Å². The average Bonchev–Trinajstić information content (AvgIpc) is 3.72. The number of fused-ring (bicyclic) bond motifs is 1. The molecule has 1 aromatic carbocycles. The molecule has 240 valence electrons. The third-order valence-electron chi connectivity index (χ3n) is 11.1. The van der Waals surface area contributed by atoms with Crippen molar-refractivity contribution in [2.45, 2.75) is 58.4 Å². The standard InChI is InChI=1S/C36H51N9/c1-8-35(12-16-38-17-13-35)45-18-14-36(15-19-45)26(4)43(6)31(21-37)33(36)25(3)32(34(39-9-2)29-23-40-42(5)24-29)27-10-11-30-28(20-27)22-41-44(30)7/h10-11,20-24,38-39H,4,8-9,12-19,37H2,1-3,5-7H3/b31-21+,33-25-,34-32+. The molecule has 0 aliphatic carbocycles. The van der Waals surface area contributed by atoms with E-state index >= 15 is 0 Å². The van der Waals surface area contributed by atoms with Crippen molar-refractivity contribution in [3.63, 3.8) is 0 Å². The molecular weight excluding hydrogens is 558 g/mol. The second-order valence-electron chi connectivity index (χ2n) is 13.2. The van der Waals surface area contributed by atoms with E-state index in [2.05, 4.69) is 82.8 Å². The quantitative estimate of drug-likeness (QED) is 0.348. The number of likely N-dealkylation sites (N-methyl/N-ethyl adjacent to an activating group) is 1. The molecule has 3 aliphatic rings. The highest BCUT2D eigenvalue weighted by Gasteiger charge is 2.52. The highest BCUT2D eigenvalue weighted by Crippen LogP contribution is 2.58. The van der Waals surface area contributed by atoms with Crippen molar-refractivity contribution in [2.75, 3.05) is 39.8 Å². The summed E-state index contributed by atoms with van der Waals surface area (Å²) in [5, 5.41) is 17.6. The number of aromatic nitrogens is 4. The third-order valence-corrected chi connectivity index (χ3v) is 11.1. The van der Waals surface area contributed by atoms with Gasteiger partial charge in [0.1, 0.15) is 0 Å². The van der Waals surface area contributed by atoms with Crippen molar-refractivity contribution in [3.8, 4) is 0 Å². The molecule has 9 nitrogen and oxygen atoms in total. The zero-order chi connectivity index (χ0) is 31.9. The van der Waals surface area contributed by atoms with Crippen molar-refractivity contribution in [1.29, 1.82) is 0 Å². The predicted molar refractivity (Wildman–Crippen MR) is 185 cm³/mol. The van der Waals surface area contributed by atoms with Crippen LogP contribution in [0.25, 0.3) is 22.2 Å². The Kier molecular flexibility index (Phi) is 8.43. The minimum Gasteiger partial charge on any atom is -0.403 e. The summed E-state index contributed by atoms with van der Waals surface area (Å²) in [7, 11) is 6.10. The Balaban J connectivity index is 1.55. The molecule has 0 bridgehead atoms. The van der Waals surface area contributed by atoms with Gasteiger partial charge in [-0.1, -0.05) is 19.6 Å². The number of hydrogen-bond donors (Lipinski definition) is 3. The molecule has 4 N–H and O–H groups in total. The lowest BCUT2D eigenvalue weighted by Crippen LogP contribution is -2.57. The van der Waals surface area contributed by atoms with E-state index in [4.69, 9.17) is 12.3 Å². The first-order valence-corrected chi connectivity index (χ1v) is 16.6. The lowest BCUT2D eigenvalue weighted by atomic mass is 9.68. The second-order valence-corrected chi connectivity index (χ2v) is 13.2. The topological polar surface area (TPSA) is 92.2 Å². The van der Waals surface area contributed by atoms with Crippen LogP contribution in [0.1, 0.15) is 64.0 Å². The van der Waals surface area contributed by atoms with Gasteiger partial charge in [-0.15, -0.1) is 0 Å². The van der Waals surface area contributed by atoms with Crippen LogP contribution in [0.15, 0.2) is 72.1 Å². The number of rotatable bonds is 7. The number of piperidine rings is 2. The van der Waals surface area contributed by atoms with Gasteiger partial charge >= 0.3 is 0 Å². The fourth-order valence-corrected chi connectivity index (χ4v) is 8.51. The second kappa shape index (κ2) is 12.2. The Morgan fingerprint density at radius 1 is 1.04 bits per heavy atom. The van der Waals surface area contributed by atoms with Crippen LogP contribution in [0, 0.1) is 5.41 Å². The number of nitrogens with one attached hydrogen (secondary N) is 2. The van der Waals surface area contributed by atoms with Crippen LogP contribution in [0.2, 0.25) is 0 Å². The Morgan fingerprint density at radius 2 is 1.78 bits per heavy atom. The molecule has 1 spiro atoms. The van der Waals surface area contributed by atoms with E-state index in [1.807, 2.05) is 35.9 Å². The molecule has 3 aromatic rings. The molecule has 2 aromatic heterocycles. The van der Waals surface area contributed by atoms with Gasteiger partial charge < -0.3 is 21.3 Å². The van der Waals surface area contributed by atoms with Gasteiger partial charge in [-0.25, -0.2) is 0 Å². The number of allylic oxidation sites excluding steroid dienone is 4. The first-order chi connectivity index (χ1) is 21.7. The highest BCUT2D eigenvalue weighted by atomic mass is 15.3. The van der Waals surface area contributed by atoms with E-state index in [0.717, 1.165) is 84.7 Å². The summed E-state index contributed by atoms with van der Waals surface area (Å²) in [5.41, 5.74) is 16.9. The third kappa shape index (κ3) is 5.10. The first kappa shape index (κ1) is 31.2. The molecule has 0 radical (unpaired) electrons. The van der Waals surface area contributed by atoms with Gasteiger partial charge in [0.2, 0.25) is 0 Å². The van der Waals surface area contributed by atoms with Crippen LogP contribution in [-0.2, 0) is 14.1 Å². The zero-order valence-electron chi connectivity index (χ0n) is 28.1. The molecule has 6 rings (SSSR count). The maximum atomic E-state index is 6.50. The summed E-state index contributed by atoms with van der Waals surface area (Å²) in [6.45, 7) is 16.7. The van der Waals surface area contributed by atoms with Crippen LogP contribution in [0.4, 0.5) is 0 Å². The number of likely N-dealkylation sites (tertiary alicyclic amines) is 2. The Hall–Kier alpha value is -3.82. The molecule has 0 saturated carbocycles. The predicted octanol–water partition coefficient (Wildman–Crippen LogP) is 4.97. The summed E-state index contributed by atoms with van der Waals surface area (Å²) in [5.74, 6) is 0. The minimum absolute atomic E-state index is 0.196. The van der Waals surface area contributed by atoms with Gasteiger partial charge in [0.25, 0.3) is 0 Å². The van der Waals surface area contributed by atoms with Gasteiger partial charge in [-0.3, -0.25) is 14.3 Å². The van der Waals surface area contributed by atoms with Crippen molar-refractivity contribution >= 4 is 22.2 Å². The van der Waals surface area contributed by atoms with E-state index < -0.39 is 0 Å². The summed E-state index contributed by atoms with van der Waals surface area (Å²) in [6.07, 6.45) is 13.5. The molecule has 0 unspecified atom stereocenters. The number of hydrogen-bond acceptors (Lipinski definition) is 7. The van der Waals surface area contributed by atoms with Crippen LogP contribution < -0.4 is 16.4 Å². The smallest absolute Gasteiger partial charge is 0.0679 e. The fourth-order valence-electron chi connectivity index (χ4n) is 8.51. The molecule has 0 atom stereocenters. The summed E-state index contributed by atoms with van der Waals surface area (Å²) in [4.78, 5) is 5.05. The van der Waals surface area contributed by atoms with Crippen LogP contribution in [0.5, 0.6) is 0 Å². The summed E-state index contributed by atoms with van der Waals surface area (Å²) < 4.78 is 3.80. The summed E-state index contributed by atoms with van der Waals surface area (Å²) >= 11 is 0. The molecule has 0 amide bonds. The number of aryl methyl sites for hydroxylation is 2. The fraction of sp³-hybridized carbons (Fsp3) is 0.500. The highest BCUT2D eigenvalue weighted by molar-refractivity contribution is 6.00. The number of benzene rings is 1. The summed E-state index contributed by atoms with van der Waals surface area (Å²) in [6, 6.07) is 6.68. The SMILES string of the molecule is C=C1N(C)C(=C/N)/C(=C(C)/C(=C(\NCC)c2cnn(C)c2)c2ccc3c(cnn3C)c2)C12CCN(C1(CC)CCNCC1)CC2. The Labute approximate surface area is 268 Å². The normalized spacial score (nSPS) is 22.8. The maximum Gasteiger partial charge on any atom is 0.0679 e. The molecular formula is C36H51N9. The largest absolute Gasteiger partial charge is 0.403 e. The maximum absolute atomic E-state index is 6.50. The van der Waals surface area contributed by atoms with Crippen LogP contribution in [-0.4, -0.2) is 74.7 Å². The van der Waals surface area contributed by atoms with E-state index in [1.165, 1.54) is 36.0 Å². The lowest BCUT2D eigenvalue weighted by molar-refractivity contribution is 0.0132. The van der Waals surface area contributed by atoms with Gasteiger partial charge in [0.15, 0.2) is 0 Å². The molecule has 9 heteroatoms. The number of nitrogens with two attached hydrogens (primary N) is 1. The first-order valence-electron chi connectivity index (χ1n) is 16.6. The lowest BCUT2D eigenvalue weighted by Gasteiger charge is -2.51. The Morgan fingerprint density at radius 3 is 2.40 bits per heavy atom. The molecule has 3 aliphatic heterocycles. The van der Waals surface area contributed by atoms with Crippen molar-refractivity contribution in [2.24, 2.45) is 25.2 Å². The van der Waals surface area contributed by atoms with E-state index in [-0.39, 0.29) is 11.0 Å². The zero-order valence-corrected chi connectivity index (χ0v) is 28.1. The molecule has 45 heavy (non-hydrogen) atoms. The molecule has 5 heterocycles. The van der Waals surface area contributed by atoms with Gasteiger partial charge in [-0.2, -0.15) is 10.2 Å². The minimum atomic E-state index is -0.196. The van der Waals surface area contributed by atoms with Gasteiger partial charge in [0, 0.05) is 73.3 Å². The Bertz CT molecular complexity index is 1670. The van der Waals surface area contributed by atoms with Crippen LogP contribution >= 0.6 is 0 Å². The van der Waals surface area contributed by atoms with Crippen molar-refractivity contribution in [1.82, 2.24) is 40.0 Å². The van der Waals surface area contributed by atoms with E-state index in [9.17, 15) is 0 Å².